The summed E-state index contributed by atoms with van der Waals surface area (Å²) in [4.78, 5) is 37.1. The van der Waals surface area contributed by atoms with Gasteiger partial charge >= 0.3 is 12.1 Å². The Balaban J connectivity index is 1.59. The molecule has 1 fully saturated rings. The van der Waals surface area contributed by atoms with E-state index in [1.807, 2.05) is 60.7 Å². The fourth-order valence-electron chi connectivity index (χ4n) is 2.81. The van der Waals surface area contributed by atoms with Crippen LogP contribution in [0.2, 0.25) is 0 Å². The summed E-state index contributed by atoms with van der Waals surface area (Å²) < 4.78 is 10.5. The molecule has 2 amide bonds. The maximum Gasteiger partial charge on any atom is 0.408 e. The molecule has 0 heterocycles. The first kappa shape index (κ1) is 21.4. The third-order valence-corrected chi connectivity index (χ3v) is 4.66. The molecule has 1 unspecified atom stereocenters. The average Bonchev–Trinajstić information content (AvgIpc) is 3.57. The number of carbonyl (C=O) groups is 3. The first-order chi connectivity index (χ1) is 14.5. The van der Waals surface area contributed by atoms with E-state index in [2.05, 4.69) is 10.6 Å². The van der Waals surface area contributed by atoms with Gasteiger partial charge in [-0.3, -0.25) is 4.79 Å². The lowest BCUT2D eigenvalue weighted by atomic mass is 10.1. The molecule has 158 valence electrons. The second kappa shape index (κ2) is 10.4. The van der Waals surface area contributed by atoms with Crippen LogP contribution >= 0.6 is 0 Å². The van der Waals surface area contributed by atoms with Crippen molar-refractivity contribution in [2.24, 2.45) is 0 Å². The van der Waals surface area contributed by atoms with Gasteiger partial charge in [-0.15, -0.1) is 0 Å². The highest BCUT2D eigenvalue weighted by atomic mass is 16.6. The highest BCUT2D eigenvalue weighted by Gasteiger charge is 2.30. The second-order valence-electron chi connectivity index (χ2n) is 7.31. The van der Waals surface area contributed by atoms with Crippen LogP contribution in [0.15, 0.2) is 60.7 Å². The lowest BCUT2D eigenvalue weighted by molar-refractivity contribution is -0.156. The molecule has 0 aliphatic heterocycles. The van der Waals surface area contributed by atoms with Crippen LogP contribution in [0.5, 0.6) is 0 Å². The summed E-state index contributed by atoms with van der Waals surface area (Å²) >= 11 is 0. The third-order valence-electron chi connectivity index (χ3n) is 4.66. The number of esters is 1. The fourth-order valence-corrected chi connectivity index (χ4v) is 2.81. The lowest BCUT2D eigenvalue weighted by Crippen LogP contribution is -2.46. The predicted molar refractivity (Wildman–Crippen MR) is 110 cm³/mol. The largest absolute Gasteiger partial charge is 0.451 e. The van der Waals surface area contributed by atoms with Crippen molar-refractivity contribution in [2.45, 2.75) is 51.0 Å². The van der Waals surface area contributed by atoms with Crippen LogP contribution in [0, 0.1) is 0 Å². The molecular formula is C23H26N2O5. The molecule has 0 saturated heterocycles. The van der Waals surface area contributed by atoms with Gasteiger partial charge in [-0.25, -0.2) is 9.59 Å². The number of hydrogen-bond donors (Lipinski definition) is 2. The van der Waals surface area contributed by atoms with E-state index in [0.29, 0.717) is 0 Å². The molecule has 0 aromatic heterocycles. The molecule has 3 rings (SSSR count). The lowest BCUT2D eigenvalue weighted by Gasteiger charge is -2.20. The van der Waals surface area contributed by atoms with E-state index in [1.165, 1.54) is 6.92 Å². The topological polar surface area (TPSA) is 93.7 Å². The summed E-state index contributed by atoms with van der Waals surface area (Å²) in [5.74, 6) is -1.02. The van der Waals surface area contributed by atoms with E-state index in [4.69, 9.17) is 9.47 Å². The highest BCUT2D eigenvalue weighted by Crippen LogP contribution is 2.19. The standard InChI is InChI=1S/C23H26N2O5/c1-16(21(26)24-19-12-13-19)30-22(27)20(14-17-8-4-2-5-9-17)25-23(28)29-15-18-10-6-3-7-11-18/h2-11,16,19-20H,12-15H2,1H3,(H,24,26)(H,25,28)/t16?,20-/m0/s1. The van der Waals surface area contributed by atoms with Crippen molar-refractivity contribution >= 4 is 18.0 Å². The van der Waals surface area contributed by atoms with Gasteiger partial charge in [-0.2, -0.15) is 0 Å². The maximum absolute atomic E-state index is 12.7. The number of nitrogens with one attached hydrogen (secondary N) is 2. The van der Waals surface area contributed by atoms with Crippen molar-refractivity contribution < 1.29 is 23.9 Å². The molecule has 30 heavy (non-hydrogen) atoms. The first-order valence-electron chi connectivity index (χ1n) is 10.0. The monoisotopic (exact) mass is 410 g/mol. The van der Waals surface area contributed by atoms with Gasteiger partial charge < -0.3 is 20.1 Å². The fraction of sp³-hybridized carbons (Fsp3) is 0.348. The molecule has 1 aliphatic carbocycles. The van der Waals surface area contributed by atoms with Gasteiger partial charge in [-0.1, -0.05) is 60.7 Å². The molecule has 0 bridgehead atoms. The minimum Gasteiger partial charge on any atom is -0.451 e. The summed E-state index contributed by atoms with van der Waals surface area (Å²) in [6.07, 6.45) is 0.428. The maximum atomic E-state index is 12.7. The minimum absolute atomic E-state index is 0.0833. The Kier molecular flexibility index (Phi) is 7.43. The van der Waals surface area contributed by atoms with Crippen molar-refractivity contribution in [1.29, 1.82) is 0 Å². The van der Waals surface area contributed by atoms with Gasteiger partial charge in [0.05, 0.1) is 0 Å². The molecule has 2 N–H and O–H groups in total. The van der Waals surface area contributed by atoms with Crippen molar-refractivity contribution in [1.82, 2.24) is 10.6 Å². The van der Waals surface area contributed by atoms with Crippen LogP contribution in [0.1, 0.15) is 30.9 Å². The molecule has 7 heteroatoms. The van der Waals surface area contributed by atoms with Gasteiger partial charge in [0.1, 0.15) is 12.6 Å². The summed E-state index contributed by atoms with van der Waals surface area (Å²) in [5.41, 5.74) is 1.68. The third kappa shape index (κ3) is 6.92. The van der Waals surface area contributed by atoms with Crippen molar-refractivity contribution in [2.75, 3.05) is 0 Å². The van der Waals surface area contributed by atoms with Gasteiger partial charge in [0, 0.05) is 12.5 Å². The van der Waals surface area contributed by atoms with E-state index in [-0.39, 0.29) is 25.0 Å². The molecule has 7 nitrogen and oxygen atoms in total. The van der Waals surface area contributed by atoms with Crippen molar-refractivity contribution in [3.8, 4) is 0 Å². The SMILES string of the molecule is CC(OC(=O)[C@H](Cc1ccccc1)NC(=O)OCc1ccccc1)C(=O)NC1CC1. The van der Waals surface area contributed by atoms with Gasteiger partial charge in [0.2, 0.25) is 0 Å². The van der Waals surface area contributed by atoms with Gasteiger partial charge in [-0.05, 0) is 30.9 Å². The zero-order valence-electron chi connectivity index (χ0n) is 16.9. The molecule has 0 spiro atoms. The number of amides is 2. The molecule has 2 atom stereocenters. The Morgan fingerprint density at radius 2 is 1.57 bits per heavy atom. The molecule has 0 radical (unpaired) electrons. The number of ether oxygens (including phenoxy) is 2. The Morgan fingerprint density at radius 1 is 0.967 bits per heavy atom. The Labute approximate surface area is 175 Å². The predicted octanol–water partition coefficient (Wildman–Crippen LogP) is 2.73. The summed E-state index contributed by atoms with van der Waals surface area (Å²) in [6.45, 7) is 1.60. The van der Waals surface area contributed by atoms with Crippen LogP contribution in [-0.2, 0) is 32.1 Å². The van der Waals surface area contributed by atoms with Crippen molar-refractivity contribution in [3.05, 3.63) is 71.8 Å². The summed E-state index contributed by atoms with van der Waals surface area (Å²) in [6, 6.07) is 17.7. The Morgan fingerprint density at radius 3 is 2.17 bits per heavy atom. The minimum atomic E-state index is -0.980. The van der Waals surface area contributed by atoms with E-state index in [1.54, 1.807) is 0 Å². The molecular weight excluding hydrogens is 384 g/mol. The molecule has 1 saturated carbocycles. The first-order valence-corrected chi connectivity index (χ1v) is 10.0. The van der Waals surface area contributed by atoms with Crippen LogP contribution in [0.25, 0.3) is 0 Å². The van der Waals surface area contributed by atoms with Crippen LogP contribution < -0.4 is 10.6 Å². The number of rotatable bonds is 9. The normalized spacial score (nSPS) is 14.8. The van der Waals surface area contributed by atoms with Crippen LogP contribution in [0.4, 0.5) is 4.79 Å². The summed E-state index contributed by atoms with van der Waals surface area (Å²) in [5, 5.41) is 5.36. The second-order valence-corrected chi connectivity index (χ2v) is 7.31. The Bertz CT molecular complexity index is 852. The number of carbonyl (C=O) groups excluding carboxylic acids is 3. The highest BCUT2D eigenvalue weighted by molar-refractivity contribution is 5.86. The average molecular weight is 410 g/mol. The van der Waals surface area contributed by atoms with Crippen LogP contribution in [-0.4, -0.2) is 36.2 Å². The van der Waals surface area contributed by atoms with E-state index < -0.39 is 24.2 Å². The Hall–Kier alpha value is -3.35. The van der Waals surface area contributed by atoms with E-state index >= 15 is 0 Å². The molecule has 1 aliphatic rings. The van der Waals surface area contributed by atoms with Gasteiger partial charge in [0.15, 0.2) is 6.10 Å². The summed E-state index contributed by atoms with van der Waals surface area (Å²) in [7, 11) is 0. The zero-order valence-corrected chi connectivity index (χ0v) is 16.9. The number of hydrogen-bond acceptors (Lipinski definition) is 5. The van der Waals surface area contributed by atoms with Gasteiger partial charge in [0.25, 0.3) is 5.91 Å². The number of benzene rings is 2. The molecule has 2 aromatic carbocycles. The number of alkyl carbamates (subject to hydrolysis) is 1. The van der Waals surface area contributed by atoms with E-state index in [9.17, 15) is 14.4 Å². The smallest absolute Gasteiger partial charge is 0.408 e. The molecule has 2 aromatic rings. The van der Waals surface area contributed by atoms with Crippen molar-refractivity contribution in [3.63, 3.8) is 0 Å². The van der Waals surface area contributed by atoms with Crippen LogP contribution in [0.3, 0.4) is 0 Å². The van der Waals surface area contributed by atoms with E-state index in [0.717, 1.165) is 24.0 Å². The quantitative estimate of drug-likeness (QED) is 0.620. The zero-order chi connectivity index (χ0) is 21.3.